The quantitative estimate of drug-likeness (QED) is 0.677. The molecule has 0 aliphatic carbocycles. The third-order valence-corrected chi connectivity index (χ3v) is 8.49. The minimum Gasteiger partial charge on any atom is -0.352 e. The fourth-order valence-corrected chi connectivity index (χ4v) is 7.53. The van der Waals surface area contributed by atoms with Crippen LogP contribution >= 0.6 is 11.8 Å². The first-order chi connectivity index (χ1) is 13.5. The Balaban J connectivity index is 1.23. The van der Waals surface area contributed by atoms with E-state index in [-0.39, 0.29) is 28.7 Å². The number of likely N-dealkylation sites (tertiary alicyclic amines) is 1. The van der Waals surface area contributed by atoms with Gasteiger partial charge in [0.1, 0.15) is 0 Å². The van der Waals surface area contributed by atoms with Crippen molar-refractivity contribution < 1.29 is 13.2 Å². The molecule has 0 saturated carbocycles. The summed E-state index contributed by atoms with van der Waals surface area (Å²) in [6.07, 6.45) is 3.55. The Hall–Kier alpha value is -1.58. The van der Waals surface area contributed by atoms with Crippen LogP contribution < -0.4 is 10.6 Å². The molecule has 3 aliphatic rings. The number of carbonyl (C=O) groups excluding carboxylic acids is 1. The minimum atomic E-state index is -2.93. The fraction of sp³-hybridized carbons (Fsp3) is 0.579. The predicted molar refractivity (Wildman–Crippen MR) is 114 cm³/mol. The molecular formula is C19H26N4O3S2. The molecule has 28 heavy (non-hydrogen) atoms. The monoisotopic (exact) mass is 422 g/mol. The van der Waals surface area contributed by atoms with Gasteiger partial charge in [-0.15, -0.1) is 0 Å². The van der Waals surface area contributed by atoms with E-state index in [1.165, 1.54) is 37.7 Å². The van der Waals surface area contributed by atoms with Gasteiger partial charge in [0.2, 0.25) is 0 Å². The Labute approximate surface area is 170 Å². The smallest absolute Gasteiger partial charge is 0.251 e. The summed E-state index contributed by atoms with van der Waals surface area (Å²) in [4.78, 5) is 19.2. The number of thioether (sulfide) groups is 1. The zero-order valence-corrected chi connectivity index (χ0v) is 17.4. The number of carbonyl (C=O) groups is 1. The second kappa shape index (κ2) is 8.42. The van der Waals surface area contributed by atoms with Crippen LogP contribution in [0, 0.1) is 0 Å². The highest BCUT2D eigenvalue weighted by atomic mass is 32.2. The summed E-state index contributed by atoms with van der Waals surface area (Å²) in [5.74, 6) is 0.293. The molecule has 1 aromatic carbocycles. The van der Waals surface area contributed by atoms with E-state index in [9.17, 15) is 13.2 Å². The molecule has 0 unspecified atom stereocenters. The maximum Gasteiger partial charge on any atom is 0.251 e. The Kier molecular flexibility index (Phi) is 5.93. The van der Waals surface area contributed by atoms with Crippen molar-refractivity contribution in [3.63, 3.8) is 0 Å². The lowest BCUT2D eigenvalue weighted by atomic mass is 10.2. The summed E-state index contributed by atoms with van der Waals surface area (Å²) in [7, 11) is -2.93. The highest BCUT2D eigenvalue weighted by molar-refractivity contribution is 8.15. The normalized spacial score (nSPS) is 26.1. The average Bonchev–Trinajstić information content (AvgIpc) is 3.34. The number of nitrogens with zero attached hydrogens (tertiary/aromatic N) is 2. The molecule has 2 fully saturated rings. The molecule has 0 bridgehead atoms. The van der Waals surface area contributed by atoms with E-state index in [1.54, 1.807) is 12.1 Å². The van der Waals surface area contributed by atoms with Crippen molar-refractivity contribution in [3.8, 4) is 0 Å². The molecule has 4 rings (SSSR count). The molecule has 1 amide bonds. The molecule has 0 radical (unpaired) electrons. The van der Waals surface area contributed by atoms with Crippen LogP contribution in [0.25, 0.3) is 0 Å². The van der Waals surface area contributed by atoms with Crippen LogP contribution in [0.2, 0.25) is 0 Å². The topological polar surface area (TPSA) is 90.9 Å². The number of aliphatic imine (C=N–C) groups is 1. The summed E-state index contributed by atoms with van der Waals surface area (Å²) in [6.45, 7) is 4.10. The van der Waals surface area contributed by atoms with Gasteiger partial charge in [0.05, 0.1) is 17.5 Å². The maximum atomic E-state index is 12.3. The lowest BCUT2D eigenvalue weighted by Crippen LogP contribution is -2.28. The van der Waals surface area contributed by atoms with Crippen LogP contribution in [-0.4, -0.2) is 73.4 Å². The summed E-state index contributed by atoms with van der Waals surface area (Å²) in [6, 6.07) is 7.16. The summed E-state index contributed by atoms with van der Waals surface area (Å²) < 4.78 is 23.3. The van der Waals surface area contributed by atoms with Gasteiger partial charge < -0.3 is 15.5 Å². The highest BCUT2D eigenvalue weighted by Crippen LogP contribution is 2.34. The largest absolute Gasteiger partial charge is 0.352 e. The van der Waals surface area contributed by atoms with E-state index >= 15 is 0 Å². The van der Waals surface area contributed by atoms with Gasteiger partial charge in [-0.2, -0.15) is 0 Å². The number of nitrogens with one attached hydrogen (secondary N) is 2. The molecule has 7 nitrogen and oxygen atoms in total. The van der Waals surface area contributed by atoms with Crippen molar-refractivity contribution in [1.29, 1.82) is 0 Å². The van der Waals surface area contributed by atoms with E-state index in [4.69, 9.17) is 0 Å². The van der Waals surface area contributed by atoms with Crippen molar-refractivity contribution in [2.45, 2.75) is 30.6 Å². The molecule has 2 saturated heterocycles. The lowest BCUT2D eigenvalue weighted by molar-refractivity contribution is 0.0952. The molecule has 3 aliphatic heterocycles. The van der Waals surface area contributed by atoms with E-state index in [2.05, 4.69) is 20.5 Å². The highest BCUT2D eigenvalue weighted by Gasteiger charge is 2.42. The van der Waals surface area contributed by atoms with Crippen LogP contribution in [0.1, 0.15) is 29.6 Å². The van der Waals surface area contributed by atoms with Crippen molar-refractivity contribution in [2.24, 2.45) is 4.99 Å². The number of sulfone groups is 1. The molecule has 152 valence electrons. The number of anilines is 1. The van der Waals surface area contributed by atoms with Crippen LogP contribution in [0.4, 0.5) is 5.69 Å². The van der Waals surface area contributed by atoms with Gasteiger partial charge in [-0.3, -0.25) is 9.79 Å². The number of hydrogen-bond acceptors (Lipinski definition) is 7. The second-order valence-corrected chi connectivity index (χ2v) is 11.0. The van der Waals surface area contributed by atoms with Crippen molar-refractivity contribution >= 4 is 38.4 Å². The van der Waals surface area contributed by atoms with E-state index in [1.807, 2.05) is 12.1 Å². The Morgan fingerprint density at radius 1 is 1.18 bits per heavy atom. The molecular weight excluding hydrogens is 396 g/mol. The van der Waals surface area contributed by atoms with Crippen LogP contribution in [-0.2, 0) is 9.84 Å². The standard InChI is InChI=1S/C19H26N4O3S2/c24-18(20-8-3-11-23-9-1-2-10-23)14-4-6-15(7-5-14)21-19-22-16-12-28(25,26)13-17(16)27-19/h4-7,16-17H,1-3,8-13H2,(H,20,24)(H,21,22)/t16-,17-/m0/s1. The van der Waals surface area contributed by atoms with E-state index in [0.29, 0.717) is 12.1 Å². The maximum absolute atomic E-state index is 12.3. The first-order valence-corrected chi connectivity index (χ1v) is 12.5. The number of rotatable bonds is 6. The number of benzene rings is 1. The van der Waals surface area contributed by atoms with Gasteiger partial charge in [-0.1, -0.05) is 11.8 Å². The third kappa shape index (κ3) is 4.87. The number of amides is 1. The van der Waals surface area contributed by atoms with Gasteiger partial charge >= 0.3 is 0 Å². The SMILES string of the molecule is O=C(NCCCN1CCCC1)c1ccc(NC2=N[C@H]3CS(=O)(=O)C[C@@H]3S2)cc1. The Morgan fingerprint density at radius 2 is 1.93 bits per heavy atom. The number of hydrogen-bond donors (Lipinski definition) is 2. The number of amidine groups is 1. The van der Waals surface area contributed by atoms with Gasteiger partial charge in [0.15, 0.2) is 15.0 Å². The molecule has 1 aromatic rings. The van der Waals surface area contributed by atoms with Crippen molar-refractivity contribution in [3.05, 3.63) is 29.8 Å². The van der Waals surface area contributed by atoms with E-state index in [0.717, 1.165) is 23.8 Å². The van der Waals surface area contributed by atoms with Crippen molar-refractivity contribution in [1.82, 2.24) is 10.2 Å². The van der Waals surface area contributed by atoms with Crippen LogP contribution in [0.15, 0.2) is 29.3 Å². The van der Waals surface area contributed by atoms with Crippen LogP contribution in [0.5, 0.6) is 0 Å². The van der Waals surface area contributed by atoms with Crippen LogP contribution in [0.3, 0.4) is 0 Å². The molecule has 9 heteroatoms. The van der Waals surface area contributed by atoms with Crippen molar-refractivity contribution in [2.75, 3.05) is 43.0 Å². The molecule has 2 N–H and O–H groups in total. The van der Waals surface area contributed by atoms with Gasteiger partial charge in [-0.25, -0.2) is 8.42 Å². The molecule has 3 heterocycles. The zero-order valence-electron chi connectivity index (χ0n) is 15.8. The average molecular weight is 423 g/mol. The molecule has 0 spiro atoms. The summed E-state index contributed by atoms with van der Waals surface area (Å²) in [5, 5.41) is 6.99. The zero-order chi connectivity index (χ0) is 19.6. The first-order valence-electron chi connectivity index (χ1n) is 9.81. The van der Waals surface area contributed by atoms with Gasteiger partial charge in [-0.05, 0) is 63.2 Å². The van der Waals surface area contributed by atoms with Gasteiger partial charge in [0.25, 0.3) is 5.91 Å². The van der Waals surface area contributed by atoms with E-state index < -0.39 is 9.84 Å². The molecule has 2 atom stereocenters. The predicted octanol–water partition coefficient (Wildman–Crippen LogP) is 1.58. The summed E-state index contributed by atoms with van der Waals surface area (Å²) >= 11 is 1.49. The summed E-state index contributed by atoms with van der Waals surface area (Å²) in [5.41, 5.74) is 1.48. The lowest BCUT2D eigenvalue weighted by Gasteiger charge is -2.14. The fourth-order valence-electron chi connectivity index (χ4n) is 3.86. The third-order valence-electron chi connectivity index (χ3n) is 5.35. The Bertz CT molecular complexity index is 848. The Morgan fingerprint density at radius 3 is 2.64 bits per heavy atom. The minimum absolute atomic E-state index is 0.0260. The first kappa shape index (κ1) is 19.7. The second-order valence-electron chi connectivity index (χ2n) is 7.60. The number of fused-ring (bicyclic) bond motifs is 1. The van der Waals surface area contributed by atoms with Gasteiger partial charge in [0, 0.05) is 23.0 Å². The molecule has 0 aromatic heterocycles.